The van der Waals surface area contributed by atoms with Gasteiger partial charge in [0.15, 0.2) is 0 Å². The predicted octanol–water partition coefficient (Wildman–Crippen LogP) is 1.15. The molecule has 110 valence electrons. The minimum atomic E-state index is -3.84. The molecule has 0 bridgehead atoms. The molecule has 0 spiro atoms. The highest BCUT2D eigenvalue weighted by Gasteiger charge is 2.39. The number of carboxylic acid groups (broad SMARTS) is 1. The molecular weight excluding hydrogens is 282 g/mol. The molecule has 1 unspecified atom stereocenters. The van der Waals surface area contributed by atoms with Crippen molar-refractivity contribution in [1.82, 2.24) is 4.72 Å². The zero-order valence-corrected chi connectivity index (χ0v) is 12.1. The van der Waals surface area contributed by atoms with Gasteiger partial charge >= 0.3 is 5.97 Å². The molecule has 2 N–H and O–H groups in total. The SMILES string of the molecule is COc1ccc(S(=O)(=O)NC(C(=O)O)C2CC2)cc1C. The van der Waals surface area contributed by atoms with E-state index in [1.807, 2.05) is 0 Å². The van der Waals surface area contributed by atoms with E-state index in [0.29, 0.717) is 11.3 Å². The van der Waals surface area contributed by atoms with Crippen LogP contribution in [0.5, 0.6) is 5.75 Å². The number of hydrogen-bond donors (Lipinski definition) is 2. The Kier molecular flexibility index (Phi) is 4.01. The van der Waals surface area contributed by atoms with Crippen molar-refractivity contribution in [2.24, 2.45) is 5.92 Å². The van der Waals surface area contributed by atoms with Crippen LogP contribution in [0.15, 0.2) is 23.1 Å². The first kappa shape index (κ1) is 14.8. The summed E-state index contributed by atoms with van der Waals surface area (Å²) < 4.78 is 31.8. The molecular formula is C13H17NO5S. The van der Waals surface area contributed by atoms with Crippen LogP contribution in [0.25, 0.3) is 0 Å². The Morgan fingerprint density at radius 1 is 1.45 bits per heavy atom. The number of nitrogens with one attached hydrogen (secondary N) is 1. The summed E-state index contributed by atoms with van der Waals surface area (Å²) in [6.07, 6.45) is 1.47. The number of rotatable bonds is 6. The molecule has 1 aromatic rings. The van der Waals surface area contributed by atoms with E-state index >= 15 is 0 Å². The van der Waals surface area contributed by atoms with Gasteiger partial charge in [-0.1, -0.05) is 0 Å². The first-order chi connectivity index (χ1) is 9.35. The van der Waals surface area contributed by atoms with E-state index in [9.17, 15) is 13.2 Å². The molecule has 1 fully saturated rings. The fraction of sp³-hybridized carbons (Fsp3) is 0.462. The van der Waals surface area contributed by atoms with Crippen molar-refractivity contribution in [3.05, 3.63) is 23.8 Å². The molecule has 2 rings (SSSR count). The zero-order chi connectivity index (χ0) is 14.9. The van der Waals surface area contributed by atoms with E-state index in [1.165, 1.54) is 19.2 Å². The lowest BCUT2D eigenvalue weighted by atomic mass is 10.2. The summed E-state index contributed by atoms with van der Waals surface area (Å²) in [5.74, 6) is -0.663. The molecule has 20 heavy (non-hydrogen) atoms. The lowest BCUT2D eigenvalue weighted by Gasteiger charge is -2.14. The Bertz CT molecular complexity index is 622. The van der Waals surface area contributed by atoms with Gasteiger partial charge in [0.25, 0.3) is 0 Å². The second kappa shape index (κ2) is 5.41. The van der Waals surface area contributed by atoms with Crippen molar-refractivity contribution in [1.29, 1.82) is 0 Å². The van der Waals surface area contributed by atoms with E-state index in [4.69, 9.17) is 9.84 Å². The molecule has 0 heterocycles. The predicted molar refractivity (Wildman–Crippen MR) is 72.2 cm³/mol. The van der Waals surface area contributed by atoms with Gasteiger partial charge in [-0.3, -0.25) is 4.79 Å². The van der Waals surface area contributed by atoms with Crippen LogP contribution < -0.4 is 9.46 Å². The molecule has 0 radical (unpaired) electrons. The Morgan fingerprint density at radius 2 is 2.10 bits per heavy atom. The van der Waals surface area contributed by atoms with Crippen molar-refractivity contribution < 1.29 is 23.1 Å². The van der Waals surface area contributed by atoms with Crippen molar-refractivity contribution in [2.75, 3.05) is 7.11 Å². The fourth-order valence-corrected chi connectivity index (χ4v) is 3.37. The second-order valence-corrected chi connectivity index (χ2v) is 6.62. The molecule has 1 saturated carbocycles. The van der Waals surface area contributed by atoms with Crippen molar-refractivity contribution in [3.8, 4) is 5.75 Å². The van der Waals surface area contributed by atoms with E-state index in [0.717, 1.165) is 12.8 Å². The van der Waals surface area contributed by atoms with Gasteiger partial charge in [0.05, 0.1) is 12.0 Å². The number of methoxy groups -OCH3 is 1. The van der Waals surface area contributed by atoms with Gasteiger partial charge < -0.3 is 9.84 Å². The highest BCUT2D eigenvalue weighted by molar-refractivity contribution is 7.89. The zero-order valence-electron chi connectivity index (χ0n) is 11.3. The molecule has 1 aliphatic carbocycles. The van der Waals surface area contributed by atoms with E-state index in [1.54, 1.807) is 13.0 Å². The van der Waals surface area contributed by atoms with Gasteiger partial charge in [-0.05, 0) is 49.4 Å². The molecule has 6 nitrogen and oxygen atoms in total. The van der Waals surface area contributed by atoms with Crippen LogP contribution in [0.3, 0.4) is 0 Å². The summed E-state index contributed by atoms with van der Waals surface area (Å²) in [6, 6.07) is 3.37. The van der Waals surface area contributed by atoms with E-state index in [2.05, 4.69) is 4.72 Å². The summed E-state index contributed by atoms with van der Waals surface area (Å²) in [4.78, 5) is 11.2. The van der Waals surface area contributed by atoms with Gasteiger partial charge in [0, 0.05) is 0 Å². The maximum Gasteiger partial charge on any atom is 0.322 e. The molecule has 1 aliphatic rings. The smallest absolute Gasteiger partial charge is 0.322 e. The van der Waals surface area contributed by atoms with Gasteiger partial charge in [-0.15, -0.1) is 0 Å². The van der Waals surface area contributed by atoms with Crippen LogP contribution in [-0.2, 0) is 14.8 Å². The summed E-state index contributed by atoms with van der Waals surface area (Å²) >= 11 is 0. The average molecular weight is 299 g/mol. The number of ether oxygens (including phenoxy) is 1. The van der Waals surface area contributed by atoms with Crippen LogP contribution in [-0.4, -0.2) is 32.6 Å². The van der Waals surface area contributed by atoms with Crippen LogP contribution in [0.2, 0.25) is 0 Å². The third-order valence-corrected chi connectivity index (χ3v) is 4.76. The van der Waals surface area contributed by atoms with Gasteiger partial charge in [0.1, 0.15) is 11.8 Å². The Morgan fingerprint density at radius 3 is 2.55 bits per heavy atom. The van der Waals surface area contributed by atoms with Gasteiger partial charge in [0.2, 0.25) is 10.0 Å². The lowest BCUT2D eigenvalue weighted by molar-refractivity contribution is -0.139. The normalized spacial score (nSPS) is 16.7. The highest BCUT2D eigenvalue weighted by atomic mass is 32.2. The first-order valence-corrected chi connectivity index (χ1v) is 7.73. The number of sulfonamides is 1. The maximum absolute atomic E-state index is 12.2. The molecule has 0 amide bonds. The van der Waals surface area contributed by atoms with Gasteiger partial charge in [-0.25, -0.2) is 8.42 Å². The Labute approximate surface area is 117 Å². The first-order valence-electron chi connectivity index (χ1n) is 6.25. The molecule has 1 aromatic carbocycles. The standard InChI is InChI=1S/C13H17NO5S/c1-8-7-10(5-6-11(8)19-2)20(17,18)14-12(13(15)16)9-3-4-9/h5-7,9,12,14H,3-4H2,1-2H3,(H,15,16). The number of aryl methyl sites for hydroxylation is 1. The number of benzene rings is 1. The largest absolute Gasteiger partial charge is 0.496 e. The lowest BCUT2D eigenvalue weighted by Crippen LogP contribution is -2.42. The summed E-state index contributed by atoms with van der Waals surface area (Å²) in [7, 11) is -2.34. The number of hydrogen-bond acceptors (Lipinski definition) is 4. The summed E-state index contributed by atoms with van der Waals surface area (Å²) in [5.41, 5.74) is 0.675. The maximum atomic E-state index is 12.2. The third kappa shape index (κ3) is 3.10. The van der Waals surface area contributed by atoms with Crippen LogP contribution in [0.1, 0.15) is 18.4 Å². The minimum Gasteiger partial charge on any atom is -0.496 e. The van der Waals surface area contributed by atoms with Crippen LogP contribution in [0, 0.1) is 12.8 Å². The summed E-state index contributed by atoms with van der Waals surface area (Å²) in [5, 5.41) is 9.08. The summed E-state index contributed by atoms with van der Waals surface area (Å²) in [6.45, 7) is 1.73. The molecule has 0 aliphatic heterocycles. The average Bonchev–Trinajstić information content (AvgIpc) is 3.19. The van der Waals surface area contributed by atoms with E-state index < -0.39 is 22.0 Å². The van der Waals surface area contributed by atoms with Crippen molar-refractivity contribution in [3.63, 3.8) is 0 Å². The van der Waals surface area contributed by atoms with E-state index in [-0.39, 0.29) is 10.8 Å². The van der Waals surface area contributed by atoms with Crippen LogP contribution >= 0.6 is 0 Å². The number of carbonyl (C=O) groups is 1. The Hall–Kier alpha value is -1.60. The topological polar surface area (TPSA) is 92.7 Å². The highest BCUT2D eigenvalue weighted by Crippen LogP contribution is 2.33. The monoisotopic (exact) mass is 299 g/mol. The second-order valence-electron chi connectivity index (χ2n) is 4.91. The number of aliphatic carboxylic acids is 1. The third-order valence-electron chi connectivity index (χ3n) is 3.32. The molecule has 7 heteroatoms. The quantitative estimate of drug-likeness (QED) is 0.822. The Balaban J connectivity index is 2.25. The molecule has 0 aromatic heterocycles. The minimum absolute atomic E-state index is 0.0442. The molecule has 0 saturated heterocycles. The van der Waals surface area contributed by atoms with Gasteiger partial charge in [-0.2, -0.15) is 4.72 Å². The fourth-order valence-electron chi connectivity index (χ4n) is 2.03. The van der Waals surface area contributed by atoms with Crippen molar-refractivity contribution >= 4 is 16.0 Å². The van der Waals surface area contributed by atoms with Crippen molar-refractivity contribution in [2.45, 2.75) is 30.7 Å². The molecule has 1 atom stereocenters. The van der Waals surface area contributed by atoms with Crippen LogP contribution in [0.4, 0.5) is 0 Å². The number of carboxylic acids is 1.